The Morgan fingerprint density at radius 1 is 1.08 bits per heavy atom. The number of morpholine rings is 1. The van der Waals surface area contributed by atoms with Gasteiger partial charge in [0.2, 0.25) is 5.91 Å². The minimum atomic E-state index is 0.0130. The first-order valence-electron chi connectivity index (χ1n) is 7.96. The second kappa shape index (κ2) is 6.84. The first kappa shape index (κ1) is 15.5. The van der Waals surface area contributed by atoms with Crippen LogP contribution in [0.15, 0.2) is 51.8 Å². The summed E-state index contributed by atoms with van der Waals surface area (Å²) in [7, 11) is 0. The maximum absolute atomic E-state index is 12.1. The first-order chi connectivity index (χ1) is 11.8. The highest BCUT2D eigenvalue weighted by atomic mass is 32.2. The normalized spacial score (nSPS) is 15.8. The molecule has 2 aromatic carbocycles. The summed E-state index contributed by atoms with van der Waals surface area (Å²) < 4.78 is 11.1. The lowest BCUT2D eigenvalue weighted by Gasteiger charge is -2.26. The number of nitrogens with zero attached hydrogens (tertiary/aromatic N) is 1. The molecule has 0 bridgehead atoms. The van der Waals surface area contributed by atoms with Gasteiger partial charge < -0.3 is 9.15 Å². The van der Waals surface area contributed by atoms with Gasteiger partial charge in [-0.1, -0.05) is 18.2 Å². The summed E-state index contributed by atoms with van der Waals surface area (Å²) in [5, 5.41) is 4.11. The van der Waals surface area contributed by atoms with Gasteiger partial charge in [-0.15, -0.1) is 11.8 Å². The zero-order chi connectivity index (χ0) is 16.4. The van der Waals surface area contributed by atoms with E-state index < -0.39 is 0 Å². The molecule has 0 atom stereocenters. The first-order valence-corrected chi connectivity index (χ1v) is 8.94. The van der Waals surface area contributed by atoms with Crippen LogP contribution in [0, 0.1) is 0 Å². The third-order valence-corrected chi connectivity index (χ3v) is 5.01. The van der Waals surface area contributed by atoms with Crippen LogP contribution in [0.2, 0.25) is 0 Å². The maximum atomic E-state index is 12.1. The van der Waals surface area contributed by atoms with E-state index in [9.17, 15) is 4.79 Å². The molecule has 1 saturated heterocycles. The van der Waals surface area contributed by atoms with Gasteiger partial charge in [0.15, 0.2) is 0 Å². The van der Waals surface area contributed by atoms with Crippen LogP contribution in [0.1, 0.15) is 0 Å². The predicted molar refractivity (Wildman–Crippen MR) is 95.0 cm³/mol. The molecule has 0 radical (unpaired) electrons. The van der Waals surface area contributed by atoms with Gasteiger partial charge >= 0.3 is 0 Å². The molecule has 0 aliphatic carbocycles. The van der Waals surface area contributed by atoms with E-state index in [4.69, 9.17) is 9.15 Å². The molecule has 1 aliphatic heterocycles. The third kappa shape index (κ3) is 3.26. The van der Waals surface area contributed by atoms with Crippen LogP contribution in [-0.4, -0.2) is 43.0 Å². The number of carbonyl (C=O) groups is 1. The lowest BCUT2D eigenvalue weighted by molar-refractivity contribution is -0.125. The molecule has 24 heavy (non-hydrogen) atoms. The van der Waals surface area contributed by atoms with Crippen molar-refractivity contribution in [2.45, 2.75) is 4.90 Å². The van der Waals surface area contributed by atoms with Gasteiger partial charge in [-0.25, -0.2) is 5.01 Å². The number of hydrogen-bond donors (Lipinski definition) is 1. The quantitative estimate of drug-likeness (QED) is 0.739. The predicted octanol–water partition coefficient (Wildman–Crippen LogP) is 3.04. The van der Waals surface area contributed by atoms with E-state index in [0.717, 1.165) is 39.9 Å². The Labute approximate surface area is 143 Å². The van der Waals surface area contributed by atoms with Crippen molar-refractivity contribution in [3.8, 4) is 0 Å². The van der Waals surface area contributed by atoms with Crippen molar-refractivity contribution in [1.29, 1.82) is 0 Å². The van der Waals surface area contributed by atoms with E-state index in [0.29, 0.717) is 19.0 Å². The lowest BCUT2D eigenvalue weighted by atomic mass is 10.1. The molecule has 6 heteroatoms. The molecule has 5 nitrogen and oxygen atoms in total. The Kier molecular flexibility index (Phi) is 4.42. The Balaban J connectivity index is 1.44. The molecule has 0 unspecified atom stereocenters. The van der Waals surface area contributed by atoms with Gasteiger partial charge in [0.05, 0.1) is 19.0 Å². The van der Waals surface area contributed by atoms with Crippen molar-refractivity contribution in [3.63, 3.8) is 0 Å². The molecule has 4 rings (SSSR count). The Morgan fingerprint density at radius 2 is 1.88 bits per heavy atom. The fourth-order valence-corrected chi connectivity index (χ4v) is 3.56. The van der Waals surface area contributed by atoms with Crippen LogP contribution in [0.5, 0.6) is 0 Å². The number of fused-ring (bicyclic) bond motifs is 3. The molecule has 0 spiro atoms. The number of hydrogen-bond acceptors (Lipinski definition) is 5. The SMILES string of the molecule is O=C(CSc1ccc2oc3ccccc3c2c1)NN1CCOCC1. The number of hydrazine groups is 1. The molecule has 124 valence electrons. The summed E-state index contributed by atoms with van der Waals surface area (Å²) in [6.45, 7) is 2.81. The second-order valence-corrected chi connectivity index (χ2v) is 6.73. The summed E-state index contributed by atoms with van der Waals surface area (Å²) in [5.74, 6) is 0.401. The lowest BCUT2D eigenvalue weighted by Crippen LogP contribution is -2.48. The summed E-state index contributed by atoms with van der Waals surface area (Å²) >= 11 is 1.53. The summed E-state index contributed by atoms with van der Waals surface area (Å²) in [6.07, 6.45) is 0. The molecule has 3 aromatic rings. The number of amides is 1. The van der Waals surface area contributed by atoms with Crippen molar-refractivity contribution < 1.29 is 13.9 Å². The average Bonchev–Trinajstić information content (AvgIpc) is 2.99. The largest absolute Gasteiger partial charge is 0.456 e. The van der Waals surface area contributed by atoms with Gasteiger partial charge in [0.1, 0.15) is 11.2 Å². The monoisotopic (exact) mass is 342 g/mol. The van der Waals surface area contributed by atoms with E-state index >= 15 is 0 Å². The number of carbonyl (C=O) groups excluding carboxylic acids is 1. The Morgan fingerprint density at radius 3 is 2.75 bits per heavy atom. The Bertz CT molecular complexity index is 871. The van der Waals surface area contributed by atoms with E-state index in [1.807, 2.05) is 35.3 Å². The van der Waals surface area contributed by atoms with Gasteiger partial charge in [-0.3, -0.25) is 10.2 Å². The molecule has 1 fully saturated rings. The minimum Gasteiger partial charge on any atom is -0.456 e. The third-order valence-electron chi connectivity index (χ3n) is 4.01. The van der Waals surface area contributed by atoms with Crippen molar-refractivity contribution in [2.75, 3.05) is 32.1 Å². The average molecular weight is 342 g/mol. The van der Waals surface area contributed by atoms with Crippen LogP contribution in [0.4, 0.5) is 0 Å². The van der Waals surface area contributed by atoms with Crippen molar-refractivity contribution >= 4 is 39.6 Å². The van der Waals surface area contributed by atoms with E-state index in [-0.39, 0.29) is 5.91 Å². The van der Waals surface area contributed by atoms with E-state index in [1.54, 1.807) is 0 Å². The molecular weight excluding hydrogens is 324 g/mol. The number of ether oxygens (including phenoxy) is 1. The number of nitrogens with one attached hydrogen (secondary N) is 1. The molecule has 1 aromatic heterocycles. The minimum absolute atomic E-state index is 0.0130. The smallest absolute Gasteiger partial charge is 0.244 e. The molecule has 1 amide bonds. The van der Waals surface area contributed by atoms with Crippen LogP contribution < -0.4 is 5.43 Å². The number of furan rings is 1. The van der Waals surface area contributed by atoms with Gasteiger partial charge in [0.25, 0.3) is 0 Å². The second-order valence-electron chi connectivity index (χ2n) is 5.68. The zero-order valence-corrected chi connectivity index (χ0v) is 14.0. The Hall–Kier alpha value is -2.02. The molecule has 0 saturated carbocycles. The topological polar surface area (TPSA) is 54.7 Å². The maximum Gasteiger partial charge on any atom is 0.244 e. The molecule has 1 N–H and O–H groups in total. The standard InChI is InChI=1S/C18H18N2O3S/c21-18(19-20-7-9-22-10-8-20)12-24-13-5-6-17-15(11-13)14-3-1-2-4-16(14)23-17/h1-6,11H,7-10,12H2,(H,19,21). The summed E-state index contributed by atoms with van der Waals surface area (Å²) in [4.78, 5) is 13.1. The van der Waals surface area contributed by atoms with E-state index in [2.05, 4.69) is 17.6 Å². The van der Waals surface area contributed by atoms with Crippen LogP contribution in [0.25, 0.3) is 21.9 Å². The van der Waals surface area contributed by atoms with Gasteiger partial charge in [-0.05, 0) is 24.3 Å². The van der Waals surface area contributed by atoms with E-state index in [1.165, 1.54) is 11.8 Å². The summed E-state index contributed by atoms with van der Waals surface area (Å²) in [5.41, 5.74) is 4.69. The van der Waals surface area contributed by atoms with Crippen LogP contribution >= 0.6 is 11.8 Å². The van der Waals surface area contributed by atoms with Crippen molar-refractivity contribution in [3.05, 3.63) is 42.5 Å². The number of benzene rings is 2. The number of para-hydroxylation sites is 1. The zero-order valence-electron chi connectivity index (χ0n) is 13.2. The number of rotatable bonds is 4. The van der Waals surface area contributed by atoms with Crippen LogP contribution in [0.3, 0.4) is 0 Å². The van der Waals surface area contributed by atoms with Crippen LogP contribution in [-0.2, 0) is 9.53 Å². The number of thioether (sulfide) groups is 1. The fraction of sp³-hybridized carbons (Fsp3) is 0.278. The van der Waals surface area contributed by atoms with Crippen molar-refractivity contribution in [2.24, 2.45) is 0 Å². The highest BCUT2D eigenvalue weighted by Crippen LogP contribution is 2.31. The molecule has 1 aliphatic rings. The molecule has 2 heterocycles. The highest BCUT2D eigenvalue weighted by molar-refractivity contribution is 8.00. The fourth-order valence-electron chi connectivity index (χ4n) is 2.83. The highest BCUT2D eigenvalue weighted by Gasteiger charge is 2.13. The summed E-state index contributed by atoms with van der Waals surface area (Å²) in [6, 6.07) is 14.1. The van der Waals surface area contributed by atoms with Crippen molar-refractivity contribution in [1.82, 2.24) is 10.4 Å². The molecular formula is C18H18N2O3S. The van der Waals surface area contributed by atoms with Gasteiger partial charge in [-0.2, -0.15) is 0 Å². The van der Waals surface area contributed by atoms with Gasteiger partial charge in [0, 0.05) is 28.8 Å².